The van der Waals surface area contributed by atoms with E-state index in [2.05, 4.69) is 32.8 Å². The summed E-state index contributed by atoms with van der Waals surface area (Å²) in [7, 11) is 2.10. The first-order valence-corrected chi connectivity index (χ1v) is 6.83. The zero-order valence-electron chi connectivity index (χ0n) is 10.4. The molecule has 0 aromatic heterocycles. The van der Waals surface area contributed by atoms with Crippen LogP contribution in [0.3, 0.4) is 0 Å². The van der Waals surface area contributed by atoms with Gasteiger partial charge < -0.3 is 14.9 Å². The molecule has 0 atom stereocenters. The summed E-state index contributed by atoms with van der Waals surface area (Å²) in [6.45, 7) is 3.80. The highest BCUT2D eigenvalue weighted by Gasteiger charge is 2.18. The number of anilines is 1. The second-order valence-corrected chi connectivity index (χ2v) is 5.53. The molecule has 98 valence electrons. The lowest BCUT2D eigenvalue weighted by Crippen LogP contribution is -2.30. The van der Waals surface area contributed by atoms with E-state index in [4.69, 9.17) is 0 Å². The van der Waals surface area contributed by atoms with Gasteiger partial charge in [-0.1, -0.05) is 15.9 Å². The Labute approximate surface area is 115 Å². The highest BCUT2D eigenvalue weighted by atomic mass is 79.9. The standard InChI is InChI=1S/C13H17BrN2O2/c1-15-5-2-6-16(8-7-15)12-9-10(14)3-4-11(12)13(17)18/h3-4,9H,2,5-8H2,1H3,(H,17,18). The van der Waals surface area contributed by atoms with E-state index < -0.39 is 5.97 Å². The Morgan fingerprint density at radius 2 is 2.06 bits per heavy atom. The number of hydrogen-bond donors (Lipinski definition) is 1. The number of benzene rings is 1. The van der Waals surface area contributed by atoms with Gasteiger partial charge in [-0.3, -0.25) is 0 Å². The van der Waals surface area contributed by atoms with Crippen LogP contribution in [0, 0.1) is 0 Å². The van der Waals surface area contributed by atoms with Gasteiger partial charge in [0, 0.05) is 24.1 Å². The molecule has 1 heterocycles. The summed E-state index contributed by atoms with van der Waals surface area (Å²) in [5, 5.41) is 9.26. The number of likely N-dealkylation sites (N-methyl/N-ethyl adjacent to an activating group) is 1. The average molecular weight is 313 g/mol. The normalized spacial score (nSPS) is 17.6. The van der Waals surface area contributed by atoms with Crippen molar-refractivity contribution in [2.24, 2.45) is 0 Å². The van der Waals surface area contributed by atoms with Crippen LogP contribution in [0.25, 0.3) is 0 Å². The van der Waals surface area contributed by atoms with E-state index in [1.54, 1.807) is 12.1 Å². The number of carboxylic acid groups (broad SMARTS) is 1. The Morgan fingerprint density at radius 3 is 2.78 bits per heavy atom. The van der Waals surface area contributed by atoms with Crippen LogP contribution in [-0.2, 0) is 0 Å². The van der Waals surface area contributed by atoms with Crippen LogP contribution in [0.15, 0.2) is 22.7 Å². The van der Waals surface area contributed by atoms with Gasteiger partial charge in [0.1, 0.15) is 0 Å². The lowest BCUT2D eigenvalue weighted by atomic mass is 10.1. The van der Waals surface area contributed by atoms with E-state index in [1.165, 1.54) is 0 Å². The summed E-state index contributed by atoms with van der Waals surface area (Å²) in [6.07, 6.45) is 1.06. The van der Waals surface area contributed by atoms with Crippen molar-refractivity contribution in [2.75, 3.05) is 38.1 Å². The second kappa shape index (κ2) is 5.71. The SMILES string of the molecule is CN1CCCN(c2cc(Br)ccc2C(=O)O)CC1. The van der Waals surface area contributed by atoms with E-state index in [-0.39, 0.29) is 0 Å². The third kappa shape index (κ3) is 3.03. The molecule has 2 rings (SSSR count). The molecular formula is C13H17BrN2O2. The first-order chi connectivity index (χ1) is 8.58. The number of nitrogens with zero attached hydrogens (tertiary/aromatic N) is 2. The van der Waals surface area contributed by atoms with E-state index in [9.17, 15) is 9.90 Å². The minimum Gasteiger partial charge on any atom is -0.478 e. The van der Waals surface area contributed by atoms with Gasteiger partial charge in [0.2, 0.25) is 0 Å². The van der Waals surface area contributed by atoms with E-state index in [0.717, 1.165) is 42.8 Å². The Bertz CT molecular complexity index is 451. The lowest BCUT2D eigenvalue weighted by Gasteiger charge is -2.24. The van der Waals surface area contributed by atoms with Gasteiger partial charge in [0.05, 0.1) is 11.3 Å². The quantitative estimate of drug-likeness (QED) is 0.910. The number of halogens is 1. The highest BCUT2D eigenvalue weighted by Crippen LogP contribution is 2.26. The fourth-order valence-corrected chi connectivity index (χ4v) is 2.58. The fourth-order valence-electron chi connectivity index (χ4n) is 2.23. The molecule has 1 aliphatic rings. The first kappa shape index (κ1) is 13.4. The lowest BCUT2D eigenvalue weighted by molar-refractivity contribution is 0.0697. The molecule has 0 aliphatic carbocycles. The van der Waals surface area contributed by atoms with Crippen LogP contribution in [-0.4, -0.2) is 49.2 Å². The maximum absolute atomic E-state index is 11.3. The topological polar surface area (TPSA) is 43.8 Å². The number of rotatable bonds is 2. The van der Waals surface area contributed by atoms with Crippen LogP contribution in [0.2, 0.25) is 0 Å². The van der Waals surface area contributed by atoms with Crippen molar-refractivity contribution in [1.82, 2.24) is 4.90 Å². The Balaban J connectivity index is 2.30. The van der Waals surface area contributed by atoms with Crippen LogP contribution >= 0.6 is 15.9 Å². The third-order valence-corrected chi connectivity index (χ3v) is 3.74. The molecule has 4 nitrogen and oxygen atoms in total. The summed E-state index contributed by atoms with van der Waals surface area (Å²) >= 11 is 3.41. The van der Waals surface area contributed by atoms with Gasteiger partial charge in [0.15, 0.2) is 0 Å². The van der Waals surface area contributed by atoms with Crippen molar-refractivity contribution in [3.8, 4) is 0 Å². The summed E-state index contributed by atoms with van der Waals surface area (Å²) in [5.41, 5.74) is 1.19. The Kier molecular flexibility index (Phi) is 4.24. The van der Waals surface area contributed by atoms with E-state index in [0.29, 0.717) is 5.56 Å². The number of carboxylic acids is 1. The van der Waals surface area contributed by atoms with Gasteiger partial charge in [-0.05, 0) is 38.2 Å². The predicted octanol–water partition coefficient (Wildman–Crippen LogP) is 2.29. The maximum atomic E-state index is 11.3. The molecule has 5 heteroatoms. The molecule has 0 amide bonds. The minimum absolute atomic E-state index is 0.378. The smallest absolute Gasteiger partial charge is 0.337 e. The molecule has 0 spiro atoms. The molecule has 0 bridgehead atoms. The second-order valence-electron chi connectivity index (χ2n) is 4.61. The number of hydrogen-bond acceptors (Lipinski definition) is 3. The van der Waals surface area contributed by atoms with Crippen molar-refractivity contribution in [2.45, 2.75) is 6.42 Å². The van der Waals surface area contributed by atoms with Gasteiger partial charge in [-0.15, -0.1) is 0 Å². The average Bonchev–Trinajstić information content (AvgIpc) is 2.53. The highest BCUT2D eigenvalue weighted by molar-refractivity contribution is 9.10. The zero-order valence-corrected chi connectivity index (χ0v) is 12.0. The van der Waals surface area contributed by atoms with Crippen molar-refractivity contribution >= 4 is 27.6 Å². The molecule has 1 aromatic carbocycles. The monoisotopic (exact) mass is 312 g/mol. The maximum Gasteiger partial charge on any atom is 0.337 e. The molecule has 1 saturated heterocycles. The first-order valence-electron chi connectivity index (χ1n) is 6.04. The molecule has 1 aliphatic heterocycles. The third-order valence-electron chi connectivity index (χ3n) is 3.25. The summed E-state index contributed by atoms with van der Waals surface area (Å²) < 4.78 is 0.917. The molecule has 1 fully saturated rings. The van der Waals surface area contributed by atoms with Crippen molar-refractivity contribution in [3.05, 3.63) is 28.2 Å². The van der Waals surface area contributed by atoms with Gasteiger partial charge in [-0.2, -0.15) is 0 Å². The molecule has 1 N–H and O–H groups in total. The zero-order chi connectivity index (χ0) is 13.1. The largest absolute Gasteiger partial charge is 0.478 e. The molecule has 0 radical (unpaired) electrons. The Hall–Kier alpha value is -1.07. The van der Waals surface area contributed by atoms with Crippen LogP contribution < -0.4 is 4.90 Å². The van der Waals surface area contributed by atoms with Crippen LogP contribution in [0.5, 0.6) is 0 Å². The molecular weight excluding hydrogens is 296 g/mol. The van der Waals surface area contributed by atoms with Crippen LogP contribution in [0.4, 0.5) is 5.69 Å². The van der Waals surface area contributed by atoms with Crippen molar-refractivity contribution in [3.63, 3.8) is 0 Å². The summed E-state index contributed by atoms with van der Waals surface area (Å²) in [6, 6.07) is 5.34. The predicted molar refractivity (Wildman–Crippen MR) is 75.4 cm³/mol. The van der Waals surface area contributed by atoms with Crippen LogP contribution in [0.1, 0.15) is 16.8 Å². The number of aromatic carboxylic acids is 1. The van der Waals surface area contributed by atoms with Gasteiger partial charge >= 0.3 is 5.97 Å². The van der Waals surface area contributed by atoms with Gasteiger partial charge in [0.25, 0.3) is 0 Å². The molecule has 0 unspecified atom stereocenters. The molecule has 0 saturated carbocycles. The van der Waals surface area contributed by atoms with E-state index >= 15 is 0 Å². The summed E-state index contributed by atoms with van der Waals surface area (Å²) in [5.74, 6) is -0.866. The fraction of sp³-hybridized carbons (Fsp3) is 0.462. The van der Waals surface area contributed by atoms with Crippen molar-refractivity contribution in [1.29, 1.82) is 0 Å². The minimum atomic E-state index is -0.866. The Morgan fingerprint density at radius 1 is 1.28 bits per heavy atom. The molecule has 18 heavy (non-hydrogen) atoms. The van der Waals surface area contributed by atoms with Crippen molar-refractivity contribution < 1.29 is 9.90 Å². The van der Waals surface area contributed by atoms with E-state index in [1.807, 2.05) is 6.07 Å². The van der Waals surface area contributed by atoms with Gasteiger partial charge in [-0.25, -0.2) is 4.79 Å². The molecule has 1 aromatic rings. The summed E-state index contributed by atoms with van der Waals surface area (Å²) in [4.78, 5) is 15.7. The number of carbonyl (C=O) groups is 1.